The van der Waals surface area contributed by atoms with Crippen molar-refractivity contribution >= 4 is 11.7 Å². The van der Waals surface area contributed by atoms with Crippen LogP contribution in [0.3, 0.4) is 0 Å². The van der Waals surface area contributed by atoms with Crippen LogP contribution in [-0.4, -0.2) is 16.0 Å². The van der Waals surface area contributed by atoms with Crippen LogP contribution in [0, 0.1) is 10.1 Å². The van der Waals surface area contributed by atoms with Gasteiger partial charge in [0, 0.05) is 17.0 Å². The molecule has 0 radical (unpaired) electrons. The van der Waals surface area contributed by atoms with Crippen LogP contribution in [0.25, 0.3) is 10.4 Å². The van der Waals surface area contributed by atoms with Gasteiger partial charge in [-0.25, -0.2) is 4.79 Å². The highest BCUT2D eigenvalue weighted by atomic mass is 16.6. The molecule has 0 spiro atoms. The Balaban J connectivity index is 3.23. The average Bonchev–Trinajstić information content (AvgIpc) is 2.25. The van der Waals surface area contributed by atoms with Gasteiger partial charge < -0.3 is 5.11 Å². The van der Waals surface area contributed by atoms with Gasteiger partial charge in [-0.05, 0) is 17.2 Å². The number of nitrogens with zero attached hydrogens (tertiary/aromatic N) is 4. The van der Waals surface area contributed by atoms with Crippen LogP contribution in [0.15, 0.2) is 23.3 Å². The maximum atomic E-state index is 10.7. The van der Waals surface area contributed by atoms with Crippen LogP contribution in [-0.2, 0) is 6.54 Å². The Kier molecular flexibility index (Phi) is 3.41. The second-order valence-corrected chi connectivity index (χ2v) is 2.84. The Bertz CT molecular complexity index is 461. The summed E-state index contributed by atoms with van der Waals surface area (Å²) in [6.45, 7) is -0.127. The van der Waals surface area contributed by atoms with Crippen molar-refractivity contribution in [3.05, 3.63) is 49.9 Å². The molecule has 1 N–H and O–H groups in total. The molecule has 1 aromatic rings. The molecule has 0 aliphatic carbocycles. The molecular formula is C8H6N4O4. The minimum Gasteiger partial charge on any atom is -0.478 e. The van der Waals surface area contributed by atoms with E-state index in [0.717, 1.165) is 6.07 Å². The highest BCUT2D eigenvalue weighted by Crippen LogP contribution is 2.18. The van der Waals surface area contributed by atoms with Crippen molar-refractivity contribution in [2.75, 3.05) is 0 Å². The van der Waals surface area contributed by atoms with Gasteiger partial charge in [-0.2, -0.15) is 0 Å². The molecule has 1 rings (SSSR count). The SMILES string of the molecule is [N-]=[N+]=NCc1cc(C(=O)O)cc([N+](=O)[O-])c1. The second kappa shape index (κ2) is 4.76. The minimum absolute atomic E-state index is 0.127. The first kappa shape index (κ1) is 11.5. The first-order valence-electron chi connectivity index (χ1n) is 4.07. The smallest absolute Gasteiger partial charge is 0.335 e. The normalized spacial score (nSPS) is 9.25. The number of rotatable bonds is 4. The Morgan fingerprint density at radius 2 is 2.25 bits per heavy atom. The number of nitro groups is 1. The molecule has 0 atom stereocenters. The Labute approximate surface area is 88.9 Å². The van der Waals surface area contributed by atoms with Gasteiger partial charge in [0.15, 0.2) is 0 Å². The lowest BCUT2D eigenvalue weighted by Crippen LogP contribution is -2.00. The fraction of sp³-hybridized carbons (Fsp3) is 0.125. The summed E-state index contributed by atoms with van der Waals surface area (Å²) >= 11 is 0. The van der Waals surface area contributed by atoms with Crippen molar-refractivity contribution in [2.45, 2.75) is 6.54 Å². The van der Waals surface area contributed by atoms with Gasteiger partial charge in [0.2, 0.25) is 0 Å². The van der Waals surface area contributed by atoms with Crippen molar-refractivity contribution in [2.24, 2.45) is 5.11 Å². The van der Waals surface area contributed by atoms with Crippen molar-refractivity contribution in [1.29, 1.82) is 0 Å². The summed E-state index contributed by atoms with van der Waals surface area (Å²) in [6, 6.07) is 3.34. The third-order valence-electron chi connectivity index (χ3n) is 1.75. The minimum atomic E-state index is -1.27. The van der Waals surface area contributed by atoms with E-state index in [0.29, 0.717) is 0 Å². The van der Waals surface area contributed by atoms with E-state index in [1.807, 2.05) is 0 Å². The molecule has 0 fully saturated rings. The fourth-order valence-electron chi connectivity index (χ4n) is 1.11. The molecule has 0 bridgehead atoms. The lowest BCUT2D eigenvalue weighted by Gasteiger charge is -1.99. The molecule has 0 saturated heterocycles. The summed E-state index contributed by atoms with van der Waals surface area (Å²) in [6.07, 6.45) is 0. The van der Waals surface area contributed by atoms with Gasteiger partial charge in [0.25, 0.3) is 5.69 Å². The molecule has 0 aliphatic heterocycles. The Morgan fingerprint density at radius 3 is 2.75 bits per heavy atom. The number of azide groups is 1. The number of non-ortho nitro benzene ring substituents is 1. The third kappa shape index (κ3) is 2.69. The van der Waals surface area contributed by atoms with Crippen molar-refractivity contribution in [3.8, 4) is 0 Å². The van der Waals surface area contributed by atoms with Gasteiger partial charge in [-0.15, -0.1) is 0 Å². The fourth-order valence-corrected chi connectivity index (χ4v) is 1.11. The van der Waals surface area contributed by atoms with E-state index in [9.17, 15) is 14.9 Å². The van der Waals surface area contributed by atoms with Gasteiger partial charge in [0.1, 0.15) is 0 Å². The molecule has 1 aromatic carbocycles. The van der Waals surface area contributed by atoms with E-state index in [1.54, 1.807) is 0 Å². The molecule has 0 heterocycles. The van der Waals surface area contributed by atoms with Crippen molar-refractivity contribution < 1.29 is 14.8 Å². The lowest BCUT2D eigenvalue weighted by atomic mass is 10.1. The maximum absolute atomic E-state index is 10.7. The van der Waals surface area contributed by atoms with Crippen LogP contribution in [0.2, 0.25) is 0 Å². The second-order valence-electron chi connectivity index (χ2n) is 2.84. The molecule has 8 heteroatoms. The number of carbonyl (C=O) groups is 1. The standard InChI is InChI=1S/C8H6N4O4/c9-11-10-4-5-1-6(8(13)14)3-7(2-5)12(15)16/h1-3H,4H2,(H,13,14). The summed E-state index contributed by atoms with van der Waals surface area (Å²) in [7, 11) is 0. The van der Waals surface area contributed by atoms with Crippen LogP contribution in [0.1, 0.15) is 15.9 Å². The zero-order valence-corrected chi connectivity index (χ0v) is 7.90. The summed E-state index contributed by atoms with van der Waals surface area (Å²) in [5.41, 5.74) is 7.82. The summed E-state index contributed by atoms with van der Waals surface area (Å²) < 4.78 is 0. The number of carboxylic acids is 1. The number of carboxylic acid groups (broad SMARTS) is 1. The highest BCUT2D eigenvalue weighted by Gasteiger charge is 2.13. The Hall–Kier alpha value is -2.60. The van der Waals surface area contributed by atoms with Crippen LogP contribution < -0.4 is 0 Å². The molecule has 0 aromatic heterocycles. The van der Waals surface area contributed by atoms with Gasteiger partial charge >= 0.3 is 5.97 Å². The van der Waals surface area contributed by atoms with E-state index in [2.05, 4.69) is 10.0 Å². The monoisotopic (exact) mass is 222 g/mol. The largest absolute Gasteiger partial charge is 0.478 e. The predicted molar refractivity (Wildman–Crippen MR) is 52.9 cm³/mol. The molecule has 8 nitrogen and oxygen atoms in total. The topological polar surface area (TPSA) is 129 Å². The highest BCUT2D eigenvalue weighted by molar-refractivity contribution is 5.88. The molecule has 82 valence electrons. The van der Waals surface area contributed by atoms with E-state index in [1.165, 1.54) is 12.1 Å². The predicted octanol–water partition coefficient (Wildman–Crippen LogP) is 2.10. The lowest BCUT2D eigenvalue weighted by molar-refractivity contribution is -0.384. The van der Waals surface area contributed by atoms with E-state index < -0.39 is 10.9 Å². The summed E-state index contributed by atoms with van der Waals surface area (Å²) in [5, 5.41) is 22.4. The van der Waals surface area contributed by atoms with E-state index in [-0.39, 0.29) is 23.4 Å². The molecular weight excluding hydrogens is 216 g/mol. The van der Waals surface area contributed by atoms with Crippen molar-refractivity contribution in [1.82, 2.24) is 0 Å². The number of benzene rings is 1. The zero-order valence-electron chi connectivity index (χ0n) is 7.90. The number of hydrogen-bond acceptors (Lipinski definition) is 4. The van der Waals surface area contributed by atoms with Crippen molar-refractivity contribution in [3.63, 3.8) is 0 Å². The average molecular weight is 222 g/mol. The molecule has 0 amide bonds. The maximum Gasteiger partial charge on any atom is 0.335 e. The first-order valence-corrected chi connectivity index (χ1v) is 4.07. The van der Waals surface area contributed by atoms with Crippen LogP contribution >= 0.6 is 0 Å². The quantitative estimate of drug-likeness (QED) is 0.275. The number of aromatic carboxylic acids is 1. The van der Waals surface area contributed by atoms with Gasteiger partial charge in [-0.3, -0.25) is 10.1 Å². The van der Waals surface area contributed by atoms with Gasteiger partial charge in [0.05, 0.1) is 17.0 Å². The molecule has 0 aliphatic rings. The summed E-state index contributed by atoms with van der Waals surface area (Å²) in [4.78, 5) is 23.0. The van der Waals surface area contributed by atoms with Crippen LogP contribution in [0.4, 0.5) is 5.69 Å². The molecule has 0 unspecified atom stereocenters. The molecule has 0 saturated carbocycles. The zero-order chi connectivity index (χ0) is 12.1. The Morgan fingerprint density at radius 1 is 1.56 bits per heavy atom. The van der Waals surface area contributed by atoms with Gasteiger partial charge in [-0.1, -0.05) is 5.11 Å². The summed E-state index contributed by atoms with van der Waals surface area (Å²) in [5.74, 6) is -1.27. The molecule has 16 heavy (non-hydrogen) atoms. The van der Waals surface area contributed by atoms with E-state index >= 15 is 0 Å². The van der Waals surface area contributed by atoms with Crippen LogP contribution in [0.5, 0.6) is 0 Å². The first-order chi connectivity index (χ1) is 7.54. The number of nitro benzene ring substituents is 1. The van der Waals surface area contributed by atoms with E-state index in [4.69, 9.17) is 10.6 Å². The number of hydrogen-bond donors (Lipinski definition) is 1. The third-order valence-corrected chi connectivity index (χ3v) is 1.75.